The van der Waals surface area contributed by atoms with Crippen molar-refractivity contribution in [2.24, 2.45) is 5.73 Å². The predicted molar refractivity (Wildman–Crippen MR) is 112 cm³/mol. The number of anilines is 2. The van der Waals surface area contributed by atoms with Crippen molar-refractivity contribution < 1.29 is 14.3 Å². The molecule has 0 aliphatic heterocycles. The van der Waals surface area contributed by atoms with Gasteiger partial charge in [0.05, 0.1) is 25.8 Å². The predicted octanol–water partition coefficient (Wildman–Crippen LogP) is 3.50. The summed E-state index contributed by atoms with van der Waals surface area (Å²) in [5.74, 6) is 0.0553. The zero-order valence-electron chi connectivity index (χ0n) is 15.4. The van der Waals surface area contributed by atoms with E-state index in [1.165, 1.54) is 0 Å². The van der Waals surface area contributed by atoms with Gasteiger partial charge in [-0.05, 0) is 47.8 Å². The SMILES string of the molecule is COc1ccc(N(Cc2cccs2)C(=O)CNc2ccccc2C(N)=O)cc1. The molecule has 0 bridgehead atoms. The number of primary amides is 1. The normalized spacial score (nSPS) is 10.3. The summed E-state index contributed by atoms with van der Waals surface area (Å²) in [7, 11) is 1.60. The van der Waals surface area contributed by atoms with Crippen LogP contribution in [0.1, 0.15) is 15.2 Å². The zero-order valence-corrected chi connectivity index (χ0v) is 16.2. The lowest BCUT2D eigenvalue weighted by Gasteiger charge is -2.23. The summed E-state index contributed by atoms with van der Waals surface area (Å²) in [5, 5.41) is 5.01. The number of para-hydroxylation sites is 1. The molecule has 0 atom stereocenters. The van der Waals surface area contributed by atoms with E-state index in [9.17, 15) is 9.59 Å². The molecule has 3 aromatic rings. The Kier molecular flexibility index (Phi) is 6.29. The van der Waals surface area contributed by atoms with E-state index in [-0.39, 0.29) is 12.5 Å². The first-order valence-electron chi connectivity index (χ1n) is 8.68. The number of nitrogens with one attached hydrogen (secondary N) is 1. The summed E-state index contributed by atoms with van der Waals surface area (Å²) >= 11 is 1.59. The van der Waals surface area contributed by atoms with Crippen LogP contribution < -0.4 is 20.7 Å². The number of hydrogen-bond donors (Lipinski definition) is 2. The van der Waals surface area contributed by atoms with Crippen LogP contribution in [-0.4, -0.2) is 25.5 Å². The van der Waals surface area contributed by atoms with Gasteiger partial charge >= 0.3 is 0 Å². The Morgan fingerprint density at radius 2 is 1.82 bits per heavy atom. The molecule has 1 aromatic heterocycles. The molecule has 144 valence electrons. The van der Waals surface area contributed by atoms with Crippen LogP contribution in [0.15, 0.2) is 66.0 Å². The first kappa shape index (κ1) is 19.4. The third-order valence-electron chi connectivity index (χ3n) is 4.20. The molecule has 0 unspecified atom stereocenters. The number of benzene rings is 2. The van der Waals surface area contributed by atoms with Gasteiger partial charge in [-0.25, -0.2) is 0 Å². The fourth-order valence-electron chi connectivity index (χ4n) is 2.76. The van der Waals surface area contributed by atoms with Gasteiger partial charge in [0.25, 0.3) is 5.91 Å². The van der Waals surface area contributed by atoms with Crippen molar-refractivity contribution in [2.45, 2.75) is 6.54 Å². The second kappa shape index (κ2) is 9.05. The van der Waals surface area contributed by atoms with Gasteiger partial charge in [0.15, 0.2) is 0 Å². The minimum absolute atomic E-state index is 0.0295. The molecule has 3 rings (SSSR count). The van der Waals surface area contributed by atoms with E-state index in [0.717, 1.165) is 16.3 Å². The standard InChI is InChI=1S/C21H21N3O3S/c1-27-16-10-8-15(9-11-16)24(14-17-5-4-12-28-17)20(25)13-23-19-7-3-2-6-18(19)21(22)26/h2-12,23H,13-14H2,1H3,(H2,22,26). The van der Waals surface area contributed by atoms with Gasteiger partial charge < -0.3 is 20.7 Å². The lowest BCUT2D eigenvalue weighted by Crippen LogP contribution is -2.35. The fraction of sp³-hybridized carbons (Fsp3) is 0.143. The number of amides is 2. The number of methoxy groups -OCH3 is 1. The monoisotopic (exact) mass is 395 g/mol. The number of carbonyl (C=O) groups is 2. The van der Waals surface area contributed by atoms with Crippen molar-refractivity contribution in [3.63, 3.8) is 0 Å². The molecule has 0 aliphatic carbocycles. The first-order chi connectivity index (χ1) is 13.6. The van der Waals surface area contributed by atoms with Gasteiger partial charge in [-0.3, -0.25) is 9.59 Å². The summed E-state index contributed by atoms with van der Waals surface area (Å²) in [6, 6.07) is 18.2. The van der Waals surface area contributed by atoms with Crippen LogP contribution in [0.4, 0.5) is 11.4 Å². The van der Waals surface area contributed by atoms with Crippen LogP contribution in [0.2, 0.25) is 0 Å². The van der Waals surface area contributed by atoms with Crippen LogP contribution in [-0.2, 0) is 11.3 Å². The summed E-state index contributed by atoms with van der Waals surface area (Å²) < 4.78 is 5.20. The van der Waals surface area contributed by atoms with E-state index in [2.05, 4.69) is 5.32 Å². The van der Waals surface area contributed by atoms with Crippen molar-refractivity contribution in [3.05, 3.63) is 76.5 Å². The number of thiophene rings is 1. The Hall–Kier alpha value is -3.32. The molecule has 3 N–H and O–H groups in total. The first-order valence-corrected chi connectivity index (χ1v) is 9.56. The molecule has 0 saturated carbocycles. The number of nitrogens with two attached hydrogens (primary N) is 1. The lowest BCUT2D eigenvalue weighted by molar-refractivity contribution is -0.117. The zero-order chi connectivity index (χ0) is 19.9. The molecule has 2 amide bonds. The number of hydrogen-bond acceptors (Lipinski definition) is 5. The third kappa shape index (κ3) is 4.69. The second-order valence-electron chi connectivity index (χ2n) is 6.02. The summed E-state index contributed by atoms with van der Waals surface area (Å²) in [4.78, 5) is 27.3. The average Bonchev–Trinajstić information content (AvgIpc) is 3.24. The lowest BCUT2D eigenvalue weighted by atomic mass is 10.1. The van der Waals surface area contributed by atoms with Crippen LogP contribution in [0.3, 0.4) is 0 Å². The molecule has 2 aromatic carbocycles. The summed E-state index contributed by atoms with van der Waals surface area (Å²) in [6.07, 6.45) is 0. The van der Waals surface area contributed by atoms with Gasteiger partial charge in [0.1, 0.15) is 5.75 Å². The summed E-state index contributed by atoms with van der Waals surface area (Å²) in [5.41, 5.74) is 7.06. The van der Waals surface area contributed by atoms with Gasteiger partial charge in [0, 0.05) is 16.3 Å². The topological polar surface area (TPSA) is 84.7 Å². The maximum Gasteiger partial charge on any atom is 0.250 e. The Morgan fingerprint density at radius 3 is 2.46 bits per heavy atom. The van der Waals surface area contributed by atoms with Gasteiger partial charge in [-0.1, -0.05) is 18.2 Å². The van der Waals surface area contributed by atoms with E-state index < -0.39 is 5.91 Å². The highest BCUT2D eigenvalue weighted by Crippen LogP contribution is 2.23. The Balaban J connectivity index is 1.79. The fourth-order valence-corrected chi connectivity index (χ4v) is 3.46. The highest BCUT2D eigenvalue weighted by atomic mass is 32.1. The molecule has 0 aliphatic rings. The number of nitrogens with zero attached hydrogens (tertiary/aromatic N) is 1. The average molecular weight is 395 g/mol. The maximum atomic E-state index is 13.0. The van der Waals surface area contributed by atoms with Crippen molar-refractivity contribution in [2.75, 3.05) is 23.9 Å². The highest BCUT2D eigenvalue weighted by Gasteiger charge is 2.18. The van der Waals surface area contributed by atoms with E-state index in [1.807, 2.05) is 41.8 Å². The van der Waals surface area contributed by atoms with E-state index in [0.29, 0.717) is 17.8 Å². The van der Waals surface area contributed by atoms with Crippen molar-refractivity contribution in [3.8, 4) is 5.75 Å². The molecule has 0 fully saturated rings. The third-order valence-corrected chi connectivity index (χ3v) is 5.06. The molecular formula is C21H21N3O3S. The van der Waals surface area contributed by atoms with Crippen molar-refractivity contribution in [1.29, 1.82) is 0 Å². The van der Waals surface area contributed by atoms with Crippen LogP contribution in [0.5, 0.6) is 5.75 Å². The molecule has 0 saturated heterocycles. The maximum absolute atomic E-state index is 13.0. The molecule has 7 heteroatoms. The van der Waals surface area contributed by atoms with Crippen molar-refractivity contribution in [1.82, 2.24) is 0 Å². The van der Waals surface area contributed by atoms with E-state index in [1.54, 1.807) is 47.6 Å². The van der Waals surface area contributed by atoms with Gasteiger partial charge in [0.2, 0.25) is 5.91 Å². The molecule has 0 radical (unpaired) electrons. The van der Waals surface area contributed by atoms with Crippen LogP contribution in [0.25, 0.3) is 0 Å². The number of ether oxygens (including phenoxy) is 1. The largest absolute Gasteiger partial charge is 0.497 e. The minimum Gasteiger partial charge on any atom is -0.497 e. The van der Waals surface area contributed by atoms with E-state index in [4.69, 9.17) is 10.5 Å². The smallest absolute Gasteiger partial charge is 0.250 e. The second-order valence-corrected chi connectivity index (χ2v) is 7.05. The molecule has 1 heterocycles. The van der Waals surface area contributed by atoms with E-state index >= 15 is 0 Å². The Morgan fingerprint density at radius 1 is 1.07 bits per heavy atom. The quantitative estimate of drug-likeness (QED) is 0.611. The van der Waals surface area contributed by atoms with Crippen LogP contribution >= 0.6 is 11.3 Å². The molecule has 6 nitrogen and oxygen atoms in total. The van der Waals surface area contributed by atoms with Gasteiger partial charge in [-0.15, -0.1) is 11.3 Å². The number of carbonyl (C=O) groups excluding carboxylic acids is 2. The molecule has 0 spiro atoms. The minimum atomic E-state index is -0.541. The molecular weight excluding hydrogens is 374 g/mol. The number of rotatable bonds is 8. The molecule has 28 heavy (non-hydrogen) atoms. The Bertz CT molecular complexity index is 940. The Labute approximate surface area is 167 Å². The highest BCUT2D eigenvalue weighted by molar-refractivity contribution is 7.09. The van der Waals surface area contributed by atoms with Gasteiger partial charge in [-0.2, -0.15) is 0 Å². The summed E-state index contributed by atoms with van der Waals surface area (Å²) in [6.45, 7) is 0.490. The van der Waals surface area contributed by atoms with Crippen LogP contribution in [0, 0.1) is 0 Å². The van der Waals surface area contributed by atoms with Crippen molar-refractivity contribution >= 4 is 34.5 Å².